The van der Waals surface area contributed by atoms with E-state index >= 15 is 0 Å². The average Bonchev–Trinajstić information content (AvgIpc) is 3.05. The Labute approximate surface area is 166 Å². The summed E-state index contributed by atoms with van der Waals surface area (Å²) in [5, 5.41) is 0. The van der Waals surface area contributed by atoms with Crippen LogP contribution in [0, 0.1) is 13.8 Å². The molecule has 0 amide bonds. The van der Waals surface area contributed by atoms with Gasteiger partial charge in [-0.15, -0.1) is 0 Å². The smallest absolute Gasteiger partial charge is 0.125 e. The molecule has 0 N–H and O–H groups in total. The quantitative estimate of drug-likeness (QED) is 0.583. The minimum atomic E-state index is 0.704. The molecule has 1 aliphatic rings. The number of morpholine rings is 1. The van der Waals surface area contributed by atoms with Gasteiger partial charge in [0.2, 0.25) is 0 Å². The van der Waals surface area contributed by atoms with E-state index in [0.29, 0.717) is 6.61 Å². The maximum atomic E-state index is 6.11. The minimum Gasteiger partial charge on any atom is -0.493 e. The molecule has 1 fully saturated rings. The van der Waals surface area contributed by atoms with Crippen LogP contribution in [0.15, 0.2) is 42.5 Å². The van der Waals surface area contributed by atoms with Crippen molar-refractivity contribution in [2.45, 2.75) is 33.4 Å². The van der Waals surface area contributed by atoms with Gasteiger partial charge in [-0.05, 0) is 43.5 Å². The van der Waals surface area contributed by atoms with Gasteiger partial charge >= 0.3 is 0 Å². The van der Waals surface area contributed by atoms with Gasteiger partial charge in [0, 0.05) is 19.6 Å². The summed E-state index contributed by atoms with van der Waals surface area (Å²) in [5.74, 6) is 2.15. The van der Waals surface area contributed by atoms with Crippen molar-refractivity contribution in [2.24, 2.45) is 0 Å². The van der Waals surface area contributed by atoms with E-state index in [9.17, 15) is 0 Å². The number of aromatic nitrogens is 2. The molecular weight excluding hydrogens is 350 g/mol. The molecule has 3 aromatic rings. The average molecular weight is 380 g/mol. The lowest BCUT2D eigenvalue weighted by molar-refractivity contribution is 0.0326. The Kier molecular flexibility index (Phi) is 5.93. The Balaban J connectivity index is 1.45. The van der Waals surface area contributed by atoms with Crippen molar-refractivity contribution in [3.8, 4) is 5.75 Å². The first-order valence-electron chi connectivity index (χ1n) is 10.2. The molecule has 0 unspecified atom stereocenters. The maximum Gasteiger partial charge on any atom is 0.125 e. The summed E-state index contributed by atoms with van der Waals surface area (Å²) in [4.78, 5) is 7.34. The zero-order valence-corrected chi connectivity index (χ0v) is 16.9. The Morgan fingerprint density at radius 1 is 1.00 bits per heavy atom. The Hall–Kier alpha value is -2.37. The maximum absolute atomic E-state index is 6.11. The highest BCUT2D eigenvalue weighted by Gasteiger charge is 2.16. The van der Waals surface area contributed by atoms with Gasteiger partial charge in [0.05, 0.1) is 37.4 Å². The van der Waals surface area contributed by atoms with Crippen LogP contribution in [-0.2, 0) is 17.8 Å². The number of ether oxygens (including phenoxy) is 2. The van der Waals surface area contributed by atoms with Crippen LogP contribution in [0.5, 0.6) is 5.75 Å². The van der Waals surface area contributed by atoms with Crippen LogP contribution in [0.3, 0.4) is 0 Å². The normalized spacial score (nSPS) is 15.2. The van der Waals surface area contributed by atoms with Crippen molar-refractivity contribution in [3.63, 3.8) is 0 Å². The number of fused-ring (bicyclic) bond motifs is 1. The minimum absolute atomic E-state index is 0.704. The van der Waals surface area contributed by atoms with Crippen molar-refractivity contribution in [3.05, 3.63) is 59.4 Å². The number of hydrogen-bond acceptors (Lipinski definition) is 4. The number of nitrogens with zero attached hydrogens (tertiary/aromatic N) is 3. The highest BCUT2D eigenvalue weighted by molar-refractivity contribution is 5.75. The molecule has 5 nitrogen and oxygen atoms in total. The summed E-state index contributed by atoms with van der Waals surface area (Å²) in [7, 11) is 0. The number of imidazole rings is 1. The van der Waals surface area contributed by atoms with Gasteiger partial charge in [-0.2, -0.15) is 0 Å². The number of rotatable bonds is 7. The van der Waals surface area contributed by atoms with Crippen molar-refractivity contribution >= 4 is 11.0 Å². The van der Waals surface area contributed by atoms with Crippen LogP contribution in [0.1, 0.15) is 23.4 Å². The number of para-hydroxylation sites is 3. The second kappa shape index (κ2) is 8.76. The molecule has 4 rings (SSSR count). The third kappa shape index (κ3) is 4.21. The molecule has 0 saturated carbocycles. The third-order valence-electron chi connectivity index (χ3n) is 5.38. The van der Waals surface area contributed by atoms with Crippen LogP contribution in [0.4, 0.5) is 0 Å². The highest BCUT2D eigenvalue weighted by Crippen LogP contribution is 2.23. The topological polar surface area (TPSA) is 39.5 Å². The van der Waals surface area contributed by atoms with Gasteiger partial charge in [0.25, 0.3) is 0 Å². The summed E-state index contributed by atoms with van der Waals surface area (Å²) in [6.07, 6.45) is 0.949. The van der Waals surface area contributed by atoms with Crippen LogP contribution >= 0.6 is 0 Å². The zero-order valence-electron chi connectivity index (χ0n) is 16.9. The SMILES string of the molecule is Cc1cccc(C)c1OCCCn1c(CN2CCOCC2)nc2ccccc21. The highest BCUT2D eigenvalue weighted by atomic mass is 16.5. The lowest BCUT2D eigenvalue weighted by Gasteiger charge is -2.26. The standard InChI is InChI=1S/C23H29N3O2/c1-18-7-5-8-19(2)23(18)28-14-6-11-26-21-10-4-3-9-20(21)24-22(26)17-25-12-15-27-16-13-25/h3-5,7-10H,6,11-17H2,1-2H3. The third-order valence-corrected chi connectivity index (χ3v) is 5.38. The molecule has 5 heteroatoms. The van der Waals surface area contributed by atoms with Crippen LogP contribution < -0.4 is 4.74 Å². The van der Waals surface area contributed by atoms with E-state index in [4.69, 9.17) is 14.5 Å². The molecule has 1 aliphatic heterocycles. The molecule has 0 radical (unpaired) electrons. The molecular formula is C23H29N3O2. The lowest BCUT2D eigenvalue weighted by Crippen LogP contribution is -2.36. The van der Waals surface area contributed by atoms with E-state index in [0.717, 1.165) is 62.9 Å². The van der Waals surface area contributed by atoms with Gasteiger partial charge in [-0.25, -0.2) is 4.98 Å². The Morgan fingerprint density at radius 3 is 2.54 bits per heavy atom. The fourth-order valence-corrected chi connectivity index (χ4v) is 3.88. The number of hydrogen-bond donors (Lipinski definition) is 0. The first-order chi connectivity index (χ1) is 13.7. The van der Waals surface area contributed by atoms with Crippen molar-refractivity contribution in [2.75, 3.05) is 32.9 Å². The van der Waals surface area contributed by atoms with E-state index in [1.807, 2.05) is 0 Å². The van der Waals surface area contributed by atoms with E-state index in [1.54, 1.807) is 0 Å². The van der Waals surface area contributed by atoms with Crippen molar-refractivity contribution in [1.29, 1.82) is 0 Å². The first-order valence-corrected chi connectivity index (χ1v) is 10.2. The van der Waals surface area contributed by atoms with E-state index in [1.165, 1.54) is 16.6 Å². The molecule has 28 heavy (non-hydrogen) atoms. The molecule has 1 aromatic heterocycles. The van der Waals surface area contributed by atoms with Gasteiger partial charge in [-0.3, -0.25) is 4.90 Å². The van der Waals surface area contributed by atoms with Gasteiger partial charge in [0.1, 0.15) is 11.6 Å². The second-order valence-corrected chi connectivity index (χ2v) is 7.48. The van der Waals surface area contributed by atoms with E-state index in [-0.39, 0.29) is 0 Å². The zero-order chi connectivity index (χ0) is 19.3. The summed E-state index contributed by atoms with van der Waals surface area (Å²) in [5.41, 5.74) is 4.67. The van der Waals surface area contributed by atoms with Crippen LogP contribution in [0.25, 0.3) is 11.0 Å². The van der Waals surface area contributed by atoms with Gasteiger partial charge < -0.3 is 14.0 Å². The molecule has 148 valence electrons. The Bertz CT molecular complexity index is 908. The molecule has 2 heterocycles. The van der Waals surface area contributed by atoms with Gasteiger partial charge in [-0.1, -0.05) is 30.3 Å². The molecule has 0 aliphatic carbocycles. The van der Waals surface area contributed by atoms with Crippen molar-refractivity contribution in [1.82, 2.24) is 14.5 Å². The largest absolute Gasteiger partial charge is 0.493 e. The molecule has 0 atom stereocenters. The first kappa shape index (κ1) is 19.0. The summed E-state index contributed by atoms with van der Waals surface area (Å²) < 4.78 is 13.9. The predicted molar refractivity (Wildman–Crippen MR) is 112 cm³/mol. The van der Waals surface area contributed by atoms with E-state index < -0.39 is 0 Å². The van der Waals surface area contributed by atoms with E-state index in [2.05, 4.69) is 65.8 Å². The van der Waals surface area contributed by atoms with Crippen molar-refractivity contribution < 1.29 is 9.47 Å². The fourth-order valence-electron chi connectivity index (χ4n) is 3.88. The summed E-state index contributed by atoms with van der Waals surface area (Å²) in [6.45, 7) is 10.2. The fraction of sp³-hybridized carbons (Fsp3) is 0.435. The van der Waals surface area contributed by atoms with Crippen LogP contribution in [0.2, 0.25) is 0 Å². The molecule has 2 aromatic carbocycles. The Morgan fingerprint density at radius 2 is 1.75 bits per heavy atom. The molecule has 0 bridgehead atoms. The second-order valence-electron chi connectivity index (χ2n) is 7.48. The summed E-state index contributed by atoms with van der Waals surface area (Å²) >= 11 is 0. The molecule has 0 spiro atoms. The molecule has 1 saturated heterocycles. The number of benzene rings is 2. The van der Waals surface area contributed by atoms with Crippen LogP contribution in [-0.4, -0.2) is 47.4 Å². The van der Waals surface area contributed by atoms with Gasteiger partial charge in [0.15, 0.2) is 0 Å². The predicted octanol–water partition coefficient (Wildman–Crippen LogP) is 3.95. The monoisotopic (exact) mass is 379 g/mol. The number of aryl methyl sites for hydroxylation is 3. The lowest BCUT2D eigenvalue weighted by atomic mass is 10.1. The summed E-state index contributed by atoms with van der Waals surface area (Å²) in [6, 6.07) is 14.7.